The fourth-order valence-corrected chi connectivity index (χ4v) is 4.78. The first-order valence-corrected chi connectivity index (χ1v) is 9.84. The van der Waals surface area contributed by atoms with Gasteiger partial charge in [-0.1, -0.05) is 17.8 Å². The van der Waals surface area contributed by atoms with E-state index in [2.05, 4.69) is 5.32 Å². The van der Waals surface area contributed by atoms with E-state index in [-0.39, 0.29) is 10.6 Å². The van der Waals surface area contributed by atoms with Crippen LogP contribution in [0.4, 0.5) is 18.8 Å². The maximum Gasteiger partial charge on any atom is 0.251 e. The molecule has 0 aromatic carbocycles. The monoisotopic (exact) mass is 406 g/mol. The molecule has 0 bridgehead atoms. The standard InChI is InChI=1S/C15H20F2N4O3S2/c16-15(17)7-9(8-15)13(23)19-14-10(12(18)22)6-11(25-14)21(24)26-20-4-2-1-3-5-20/h6,9,24H,1-5,7-8H2,(H2,18,22)(H,19,23). The predicted octanol–water partition coefficient (Wildman–Crippen LogP) is 3.08. The zero-order valence-electron chi connectivity index (χ0n) is 13.9. The summed E-state index contributed by atoms with van der Waals surface area (Å²) < 4.78 is 28.8. The van der Waals surface area contributed by atoms with Gasteiger partial charge in [0.05, 0.1) is 17.7 Å². The summed E-state index contributed by atoms with van der Waals surface area (Å²) in [5.74, 6) is -4.93. The van der Waals surface area contributed by atoms with E-state index in [1.807, 2.05) is 4.31 Å². The molecule has 0 spiro atoms. The van der Waals surface area contributed by atoms with Crippen molar-refractivity contribution in [3.63, 3.8) is 0 Å². The summed E-state index contributed by atoms with van der Waals surface area (Å²) in [6.45, 7) is 1.69. The number of primary amides is 1. The van der Waals surface area contributed by atoms with Gasteiger partial charge in [0.2, 0.25) is 11.8 Å². The number of piperidine rings is 1. The van der Waals surface area contributed by atoms with Gasteiger partial charge in [-0.3, -0.25) is 14.8 Å². The number of hydrogen-bond donors (Lipinski definition) is 3. The molecule has 11 heteroatoms. The molecule has 2 heterocycles. The van der Waals surface area contributed by atoms with Gasteiger partial charge in [0, 0.05) is 31.8 Å². The Morgan fingerprint density at radius 3 is 2.58 bits per heavy atom. The highest BCUT2D eigenvalue weighted by atomic mass is 32.2. The van der Waals surface area contributed by atoms with Gasteiger partial charge >= 0.3 is 0 Å². The van der Waals surface area contributed by atoms with Crippen LogP contribution in [0.5, 0.6) is 0 Å². The normalized spacial score (nSPS) is 20.4. The molecule has 1 aliphatic carbocycles. The predicted molar refractivity (Wildman–Crippen MR) is 96.4 cm³/mol. The van der Waals surface area contributed by atoms with Gasteiger partial charge in [-0.05, 0) is 18.9 Å². The second-order valence-electron chi connectivity index (χ2n) is 6.49. The summed E-state index contributed by atoms with van der Waals surface area (Å²) in [5, 5.41) is 13.2. The summed E-state index contributed by atoms with van der Waals surface area (Å²) in [6.07, 6.45) is 2.25. The van der Waals surface area contributed by atoms with Crippen LogP contribution in [0.15, 0.2) is 6.07 Å². The summed E-state index contributed by atoms with van der Waals surface area (Å²) in [5.41, 5.74) is 5.38. The molecule has 26 heavy (non-hydrogen) atoms. The molecule has 1 aromatic heterocycles. The number of rotatable bonds is 6. The van der Waals surface area contributed by atoms with E-state index >= 15 is 0 Å². The number of nitrogens with zero attached hydrogens (tertiary/aromatic N) is 2. The summed E-state index contributed by atoms with van der Waals surface area (Å²) >= 11 is 2.09. The van der Waals surface area contributed by atoms with Crippen LogP contribution in [0.25, 0.3) is 0 Å². The number of thiophene rings is 1. The van der Waals surface area contributed by atoms with Crippen molar-refractivity contribution in [1.29, 1.82) is 0 Å². The highest BCUT2D eigenvalue weighted by Gasteiger charge is 2.48. The lowest BCUT2D eigenvalue weighted by atomic mass is 9.81. The lowest BCUT2D eigenvalue weighted by molar-refractivity contribution is -0.145. The molecular weight excluding hydrogens is 386 g/mol. The molecule has 1 saturated heterocycles. The Labute approximate surface area is 157 Å². The molecule has 0 atom stereocenters. The fraction of sp³-hybridized carbons (Fsp3) is 0.600. The molecule has 0 unspecified atom stereocenters. The molecule has 1 saturated carbocycles. The number of amides is 2. The number of hydrogen-bond acceptors (Lipinski definition) is 7. The van der Waals surface area contributed by atoms with Crippen LogP contribution in [0.2, 0.25) is 0 Å². The number of alkyl halides is 2. The van der Waals surface area contributed by atoms with Crippen LogP contribution in [-0.4, -0.2) is 40.3 Å². The van der Waals surface area contributed by atoms with Crippen molar-refractivity contribution in [2.75, 3.05) is 22.9 Å². The van der Waals surface area contributed by atoms with Gasteiger partial charge in [-0.2, -0.15) is 4.47 Å². The van der Waals surface area contributed by atoms with Gasteiger partial charge < -0.3 is 11.1 Å². The maximum absolute atomic E-state index is 12.9. The first-order valence-electron chi connectivity index (χ1n) is 8.29. The van der Waals surface area contributed by atoms with Gasteiger partial charge in [0.25, 0.3) is 5.91 Å². The highest BCUT2D eigenvalue weighted by molar-refractivity contribution is 7.98. The minimum Gasteiger partial charge on any atom is -0.366 e. The van der Waals surface area contributed by atoms with E-state index in [0.717, 1.165) is 60.3 Å². The number of carbonyl (C=O) groups excluding carboxylic acids is 2. The molecule has 1 aliphatic heterocycles. The smallest absolute Gasteiger partial charge is 0.251 e. The van der Waals surface area contributed by atoms with Crippen molar-refractivity contribution in [2.45, 2.75) is 38.0 Å². The van der Waals surface area contributed by atoms with Crippen molar-refractivity contribution >= 4 is 45.3 Å². The molecule has 1 aromatic rings. The van der Waals surface area contributed by atoms with Crippen molar-refractivity contribution in [2.24, 2.45) is 11.7 Å². The Morgan fingerprint density at radius 2 is 2.00 bits per heavy atom. The van der Waals surface area contributed by atoms with Crippen LogP contribution >= 0.6 is 23.5 Å². The number of carbonyl (C=O) groups is 2. The summed E-state index contributed by atoms with van der Waals surface area (Å²) in [4.78, 5) is 23.7. The molecule has 144 valence electrons. The fourth-order valence-electron chi connectivity index (χ4n) is 2.90. The van der Waals surface area contributed by atoms with Crippen LogP contribution in [-0.2, 0) is 4.79 Å². The molecule has 2 amide bonds. The van der Waals surface area contributed by atoms with Crippen molar-refractivity contribution < 1.29 is 23.6 Å². The van der Waals surface area contributed by atoms with E-state index < -0.39 is 36.5 Å². The zero-order valence-corrected chi connectivity index (χ0v) is 15.5. The van der Waals surface area contributed by atoms with Crippen molar-refractivity contribution in [3.8, 4) is 0 Å². The molecular formula is C15H20F2N4O3S2. The largest absolute Gasteiger partial charge is 0.366 e. The lowest BCUT2D eigenvalue weighted by Crippen LogP contribution is -2.42. The van der Waals surface area contributed by atoms with Gasteiger partial charge in [0.15, 0.2) is 0 Å². The minimum absolute atomic E-state index is 0.0442. The third-order valence-electron chi connectivity index (χ3n) is 4.38. The second-order valence-corrected chi connectivity index (χ2v) is 8.54. The Hall–Kier alpha value is -1.43. The third-order valence-corrected chi connectivity index (χ3v) is 6.47. The van der Waals surface area contributed by atoms with Crippen LogP contribution in [0.3, 0.4) is 0 Å². The summed E-state index contributed by atoms with van der Waals surface area (Å²) in [7, 11) is 0. The quantitative estimate of drug-likeness (QED) is 0.496. The Morgan fingerprint density at radius 1 is 1.35 bits per heavy atom. The molecule has 4 N–H and O–H groups in total. The van der Waals surface area contributed by atoms with Gasteiger partial charge in [-0.25, -0.2) is 13.1 Å². The second kappa shape index (κ2) is 7.67. The number of nitrogens with two attached hydrogens (primary N) is 1. The SMILES string of the molecule is NC(=O)c1cc(N(O)SN2CCCCC2)sc1NC(=O)C1CC(F)(F)C1. The van der Waals surface area contributed by atoms with Crippen LogP contribution in [0.1, 0.15) is 42.5 Å². The molecule has 2 aliphatic rings. The number of anilines is 2. The molecule has 7 nitrogen and oxygen atoms in total. The number of nitrogens with one attached hydrogen (secondary N) is 1. The topological polar surface area (TPSA) is 98.9 Å². The van der Waals surface area contributed by atoms with E-state index in [1.165, 1.54) is 6.07 Å². The zero-order chi connectivity index (χ0) is 18.9. The van der Waals surface area contributed by atoms with E-state index in [1.54, 1.807) is 0 Å². The average molecular weight is 406 g/mol. The summed E-state index contributed by atoms with van der Waals surface area (Å²) in [6, 6.07) is 1.38. The Bertz CT molecular complexity index is 686. The third kappa shape index (κ3) is 4.45. The van der Waals surface area contributed by atoms with Gasteiger partial charge in [0.1, 0.15) is 10.0 Å². The molecule has 3 rings (SSSR count). The highest BCUT2D eigenvalue weighted by Crippen LogP contribution is 2.44. The van der Waals surface area contributed by atoms with E-state index in [9.17, 15) is 23.6 Å². The lowest BCUT2D eigenvalue weighted by Gasteiger charge is -2.33. The minimum atomic E-state index is -2.80. The first kappa shape index (κ1) is 19.3. The van der Waals surface area contributed by atoms with Crippen molar-refractivity contribution in [3.05, 3.63) is 11.6 Å². The van der Waals surface area contributed by atoms with E-state index in [0.29, 0.717) is 5.00 Å². The maximum atomic E-state index is 12.9. The van der Waals surface area contributed by atoms with E-state index in [4.69, 9.17) is 5.73 Å². The first-order chi connectivity index (χ1) is 12.2. The Balaban J connectivity index is 1.67. The van der Waals surface area contributed by atoms with Gasteiger partial charge in [-0.15, -0.1) is 0 Å². The number of halogens is 2. The Kier molecular flexibility index (Phi) is 5.70. The molecule has 2 fully saturated rings. The van der Waals surface area contributed by atoms with Crippen LogP contribution < -0.4 is 15.5 Å². The van der Waals surface area contributed by atoms with Crippen LogP contribution in [0, 0.1) is 5.92 Å². The van der Waals surface area contributed by atoms with Crippen molar-refractivity contribution in [1.82, 2.24) is 4.31 Å². The molecule has 0 radical (unpaired) electrons. The average Bonchev–Trinajstić information content (AvgIpc) is 2.97.